The van der Waals surface area contributed by atoms with Crippen LogP contribution in [0.3, 0.4) is 0 Å². The van der Waals surface area contributed by atoms with Crippen LogP contribution in [0.2, 0.25) is 0 Å². The molecular formula is C19H21NO3S. The van der Waals surface area contributed by atoms with Gasteiger partial charge in [-0.15, -0.1) is 0 Å². The molecule has 0 spiro atoms. The topological polar surface area (TPSA) is 66.4 Å². The molecule has 0 aliphatic carbocycles. The average molecular weight is 343 g/mol. The molecule has 0 aliphatic rings. The number of hydrogen-bond donors (Lipinski definition) is 2. The van der Waals surface area contributed by atoms with Crippen LogP contribution in [0, 0.1) is 25.7 Å². The summed E-state index contributed by atoms with van der Waals surface area (Å²) in [6.45, 7) is 4.07. The number of sulfonamides is 1. The van der Waals surface area contributed by atoms with Gasteiger partial charge in [-0.05, 0) is 31.5 Å². The van der Waals surface area contributed by atoms with Gasteiger partial charge in [0.15, 0.2) is 0 Å². The molecule has 126 valence electrons. The first-order valence-electron chi connectivity index (χ1n) is 7.68. The van der Waals surface area contributed by atoms with Gasteiger partial charge >= 0.3 is 0 Å². The van der Waals surface area contributed by atoms with Crippen molar-refractivity contribution in [2.45, 2.75) is 31.3 Å². The summed E-state index contributed by atoms with van der Waals surface area (Å²) in [5.74, 6) is 5.53. The Balaban J connectivity index is 1.86. The summed E-state index contributed by atoms with van der Waals surface area (Å²) in [6.07, 6.45) is -0.534. The van der Waals surface area contributed by atoms with Crippen LogP contribution in [0.1, 0.15) is 29.2 Å². The minimum Gasteiger partial charge on any atom is -0.376 e. The van der Waals surface area contributed by atoms with Crippen LogP contribution in [0.5, 0.6) is 0 Å². The van der Waals surface area contributed by atoms with Crippen molar-refractivity contribution in [3.8, 4) is 11.8 Å². The number of hydrogen-bond acceptors (Lipinski definition) is 3. The van der Waals surface area contributed by atoms with Crippen LogP contribution in [0.25, 0.3) is 0 Å². The van der Waals surface area contributed by atoms with Crippen LogP contribution in [-0.4, -0.2) is 20.1 Å². The molecule has 2 aromatic carbocycles. The molecule has 0 saturated carbocycles. The first-order valence-corrected chi connectivity index (χ1v) is 9.16. The summed E-state index contributed by atoms with van der Waals surface area (Å²) >= 11 is 0. The van der Waals surface area contributed by atoms with Crippen LogP contribution < -0.4 is 4.72 Å². The first-order chi connectivity index (χ1) is 11.4. The molecule has 1 atom stereocenters. The van der Waals surface area contributed by atoms with Gasteiger partial charge in [0.25, 0.3) is 0 Å². The van der Waals surface area contributed by atoms with Gasteiger partial charge < -0.3 is 5.11 Å². The molecule has 0 aliphatic heterocycles. The van der Waals surface area contributed by atoms with Crippen LogP contribution >= 0.6 is 0 Å². The highest BCUT2D eigenvalue weighted by molar-refractivity contribution is 7.89. The molecule has 4 nitrogen and oxygen atoms in total. The number of aliphatic hydroxyl groups excluding tert-OH is 1. The van der Waals surface area contributed by atoms with Gasteiger partial charge in [-0.1, -0.05) is 59.4 Å². The molecule has 0 fully saturated rings. The fraction of sp³-hybridized carbons (Fsp3) is 0.263. The molecule has 2 aromatic rings. The van der Waals surface area contributed by atoms with E-state index in [4.69, 9.17) is 0 Å². The van der Waals surface area contributed by atoms with Crippen molar-refractivity contribution in [1.29, 1.82) is 0 Å². The fourth-order valence-electron chi connectivity index (χ4n) is 2.05. The van der Waals surface area contributed by atoms with Gasteiger partial charge in [-0.3, -0.25) is 0 Å². The Hall–Kier alpha value is -2.13. The molecule has 2 rings (SSSR count). The zero-order chi connectivity index (χ0) is 17.6. The molecule has 5 heteroatoms. The lowest BCUT2D eigenvalue weighted by Crippen LogP contribution is -2.24. The summed E-state index contributed by atoms with van der Waals surface area (Å²) in [5.41, 5.74) is 2.85. The Morgan fingerprint density at radius 2 is 1.54 bits per heavy atom. The van der Waals surface area contributed by atoms with E-state index >= 15 is 0 Å². The molecule has 2 N–H and O–H groups in total. The molecule has 24 heavy (non-hydrogen) atoms. The number of benzene rings is 2. The highest BCUT2D eigenvalue weighted by Crippen LogP contribution is 2.12. The van der Waals surface area contributed by atoms with E-state index in [1.54, 1.807) is 24.3 Å². The Labute approximate surface area is 143 Å². The van der Waals surface area contributed by atoms with E-state index in [0.717, 1.165) is 16.7 Å². The van der Waals surface area contributed by atoms with Crippen molar-refractivity contribution >= 4 is 10.0 Å². The Kier molecular flexibility index (Phi) is 6.16. The van der Waals surface area contributed by atoms with Gasteiger partial charge in [0.05, 0.1) is 4.90 Å². The highest BCUT2D eigenvalue weighted by atomic mass is 32.2. The van der Waals surface area contributed by atoms with Crippen molar-refractivity contribution in [3.05, 3.63) is 65.2 Å². The monoisotopic (exact) mass is 343 g/mol. The number of aryl methyl sites for hydroxylation is 2. The summed E-state index contributed by atoms with van der Waals surface area (Å²) in [4.78, 5) is 0.237. The lowest BCUT2D eigenvalue weighted by molar-refractivity contribution is 0.238. The zero-order valence-electron chi connectivity index (χ0n) is 13.8. The Bertz CT molecular complexity index is 829. The van der Waals surface area contributed by atoms with E-state index in [9.17, 15) is 13.5 Å². The number of rotatable bonds is 5. The second-order valence-corrected chi connectivity index (χ2v) is 7.36. The largest absolute Gasteiger partial charge is 0.376 e. The summed E-state index contributed by atoms with van der Waals surface area (Å²) in [5, 5.41) is 9.96. The molecule has 1 unspecified atom stereocenters. The second kappa shape index (κ2) is 8.11. The third-order valence-corrected chi connectivity index (χ3v) is 4.98. The van der Waals surface area contributed by atoms with Crippen molar-refractivity contribution in [1.82, 2.24) is 4.72 Å². The Morgan fingerprint density at radius 1 is 1.00 bits per heavy atom. The van der Waals surface area contributed by atoms with Gasteiger partial charge in [-0.25, -0.2) is 13.1 Å². The molecule has 0 radical (unpaired) electrons. The van der Waals surface area contributed by atoms with E-state index in [1.165, 1.54) is 0 Å². The Morgan fingerprint density at radius 3 is 2.12 bits per heavy atom. The highest BCUT2D eigenvalue weighted by Gasteiger charge is 2.12. The minimum atomic E-state index is -3.51. The van der Waals surface area contributed by atoms with Crippen LogP contribution in [-0.2, 0) is 10.0 Å². The van der Waals surface area contributed by atoms with Crippen molar-refractivity contribution in [3.63, 3.8) is 0 Å². The van der Waals surface area contributed by atoms with E-state index < -0.39 is 16.1 Å². The maximum Gasteiger partial charge on any atom is 0.240 e. The molecule has 0 bridgehead atoms. The number of aliphatic hydroxyl groups is 1. The quantitative estimate of drug-likeness (QED) is 0.648. The van der Waals surface area contributed by atoms with Gasteiger partial charge in [-0.2, -0.15) is 0 Å². The second-order valence-electron chi connectivity index (χ2n) is 5.60. The van der Waals surface area contributed by atoms with Crippen molar-refractivity contribution < 1.29 is 13.5 Å². The third kappa shape index (κ3) is 5.20. The van der Waals surface area contributed by atoms with Gasteiger partial charge in [0, 0.05) is 13.0 Å². The van der Waals surface area contributed by atoms with Gasteiger partial charge in [0.2, 0.25) is 10.0 Å². The molecule has 0 heterocycles. The lowest BCUT2D eigenvalue weighted by atomic mass is 10.1. The summed E-state index contributed by atoms with van der Waals surface area (Å²) < 4.78 is 26.7. The van der Waals surface area contributed by atoms with E-state index in [-0.39, 0.29) is 11.4 Å². The molecule has 0 amide bonds. The predicted molar refractivity (Wildman–Crippen MR) is 94.9 cm³/mol. The maximum absolute atomic E-state index is 12.1. The molecule has 0 saturated heterocycles. The smallest absolute Gasteiger partial charge is 0.240 e. The summed E-state index contributed by atoms with van der Waals surface area (Å²) in [7, 11) is -3.51. The molecular weight excluding hydrogens is 322 g/mol. The number of nitrogens with one attached hydrogen (secondary N) is 1. The minimum absolute atomic E-state index is 0.198. The summed E-state index contributed by atoms with van der Waals surface area (Å²) in [6, 6.07) is 14.1. The van der Waals surface area contributed by atoms with Crippen molar-refractivity contribution in [2.75, 3.05) is 6.54 Å². The van der Waals surface area contributed by atoms with Gasteiger partial charge in [0.1, 0.15) is 6.10 Å². The normalized spacial score (nSPS) is 12.3. The fourth-order valence-corrected chi connectivity index (χ4v) is 3.08. The SMILES string of the molecule is Cc1ccc(C(O)C#CCCNS(=O)(=O)c2ccc(C)cc2)cc1. The van der Waals surface area contributed by atoms with Crippen LogP contribution in [0.15, 0.2) is 53.4 Å². The predicted octanol–water partition coefficient (Wildman–Crippen LogP) is 2.71. The third-order valence-electron chi connectivity index (χ3n) is 3.51. The first kappa shape index (κ1) is 18.2. The van der Waals surface area contributed by atoms with E-state index in [0.29, 0.717) is 6.42 Å². The maximum atomic E-state index is 12.1. The van der Waals surface area contributed by atoms with Crippen LogP contribution in [0.4, 0.5) is 0 Å². The van der Waals surface area contributed by atoms with E-state index in [1.807, 2.05) is 38.1 Å². The lowest BCUT2D eigenvalue weighted by Gasteiger charge is -2.05. The van der Waals surface area contributed by atoms with Crippen molar-refractivity contribution in [2.24, 2.45) is 0 Å². The average Bonchev–Trinajstić information content (AvgIpc) is 2.55. The standard InChI is InChI=1S/C19H21NO3S/c1-15-6-10-17(11-7-15)19(21)5-3-4-14-20-24(22,23)18-12-8-16(2)9-13-18/h6-13,19-21H,4,14H2,1-2H3. The van der Waals surface area contributed by atoms with E-state index in [2.05, 4.69) is 16.6 Å². The zero-order valence-corrected chi connectivity index (χ0v) is 14.6. The molecule has 0 aromatic heterocycles.